The summed E-state index contributed by atoms with van der Waals surface area (Å²) in [5.41, 5.74) is -0.358. The minimum atomic E-state index is -4.47. The highest BCUT2D eigenvalue weighted by atomic mass is 19.4. The van der Waals surface area contributed by atoms with Crippen LogP contribution in [0.25, 0.3) is 0 Å². The molecular formula is C16H15F3N2O3. The van der Waals surface area contributed by atoms with Gasteiger partial charge in [-0.15, -0.1) is 0 Å². The van der Waals surface area contributed by atoms with Crippen molar-refractivity contribution in [2.24, 2.45) is 0 Å². The number of aromatic nitrogens is 1. The quantitative estimate of drug-likeness (QED) is 0.913. The Morgan fingerprint density at radius 1 is 1.42 bits per heavy atom. The van der Waals surface area contributed by atoms with E-state index < -0.39 is 29.8 Å². The molecule has 1 aliphatic rings. The third-order valence-electron chi connectivity index (χ3n) is 4.09. The minimum absolute atomic E-state index is 0.0338. The lowest BCUT2D eigenvalue weighted by Crippen LogP contribution is -2.32. The summed E-state index contributed by atoms with van der Waals surface area (Å²) < 4.78 is 43.7. The van der Waals surface area contributed by atoms with Crippen LogP contribution in [0.2, 0.25) is 0 Å². The highest BCUT2D eigenvalue weighted by Crippen LogP contribution is 2.36. The third kappa shape index (κ3) is 3.01. The van der Waals surface area contributed by atoms with Crippen molar-refractivity contribution in [3.63, 3.8) is 0 Å². The summed E-state index contributed by atoms with van der Waals surface area (Å²) in [7, 11) is 0. The summed E-state index contributed by atoms with van der Waals surface area (Å²) >= 11 is 0. The topological polar surface area (TPSA) is 66.6 Å². The van der Waals surface area contributed by atoms with Crippen LogP contribution < -0.4 is 0 Å². The van der Waals surface area contributed by atoms with Gasteiger partial charge in [0.2, 0.25) is 0 Å². The van der Waals surface area contributed by atoms with Gasteiger partial charge in [0, 0.05) is 6.54 Å². The number of rotatable bonds is 2. The Morgan fingerprint density at radius 2 is 2.17 bits per heavy atom. The van der Waals surface area contributed by atoms with Crippen molar-refractivity contribution < 1.29 is 27.5 Å². The number of hydrogen-bond donors (Lipinski definition) is 1. The zero-order valence-electron chi connectivity index (χ0n) is 12.7. The van der Waals surface area contributed by atoms with E-state index in [4.69, 9.17) is 4.42 Å². The molecule has 0 saturated carbocycles. The summed E-state index contributed by atoms with van der Waals surface area (Å²) in [5.74, 6) is -0.149. The molecule has 1 fully saturated rings. The van der Waals surface area contributed by atoms with Gasteiger partial charge >= 0.3 is 6.18 Å². The fourth-order valence-electron chi connectivity index (χ4n) is 2.92. The lowest BCUT2D eigenvalue weighted by Gasteiger charge is -2.24. The first-order chi connectivity index (χ1) is 11.3. The molecule has 1 aromatic carbocycles. The number of halogens is 3. The number of aliphatic hydroxyl groups excluding tert-OH is 1. The second-order valence-corrected chi connectivity index (χ2v) is 5.74. The van der Waals surface area contributed by atoms with E-state index in [1.165, 1.54) is 17.0 Å². The molecule has 0 unspecified atom stereocenters. The molecule has 0 bridgehead atoms. The maximum absolute atomic E-state index is 12.9. The van der Waals surface area contributed by atoms with Crippen molar-refractivity contribution in [2.75, 3.05) is 6.54 Å². The number of benzene rings is 1. The van der Waals surface area contributed by atoms with Crippen LogP contribution in [-0.4, -0.2) is 33.5 Å². The lowest BCUT2D eigenvalue weighted by atomic mass is 10.0. The number of oxazole rings is 1. The smallest absolute Gasteiger partial charge is 0.416 e. The van der Waals surface area contributed by atoms with E-state index in [-0.39, 0.29) is 18.7 Å². The molecule has 2 atom stereocenters. The Bertz CT molecular complexity index is 757. The number of carbonyl (C=O) groups excluding carboxylic acids is 1. The average molecular weight is 340 g/mol. The number of aryl methyl sites for hydroxylation is 1. The molecule has 5 nitrogen and oxygen atoms in total. The summed E-state index contributed by atoms with van der Waals surface area (Å²) in [6.45, 7) is 1.61. The van der Waals surface area contributed by atoms with Gasteiger partial charge in [-0.1, -0.05) is 12.1 Å². The monoisotopic (exact) mass is 340 g/mol. The van der Waals surface area contributed by atoms with E-state index in [0.717, 1.165) is 18.5 Å². The summed E-state index contributed by atoms with van der Waals surface area (Å²) in [5, 5.41) is 9.92. The second kappa shape index (κ2) is 5.94. The predicted molar refractivity (Wildman–Crippen MR) is 77.1 cm³/mol. The number of aliphatic hydroxyl groups is 1. The van der Waals surface area contributed by atoms with Gasteiger partial charge in [0.15, 0.2) is 12.1 Å². The molecule has 8 heteroatoms. The number of hydrogen-bond acceptors (Lipinski definition) is 4. The van der Waals surface area contributed by atoms with Gasteiger partial charge in [-0.2, -0.15) is 13.2 Å². The van der Waals surface area contributed by atoms with E-state index in [1.807, 2.05) is 0 Å². The highest BCUT2D eigenvalue weighted by molar-refractivity contribution is 5.93. The highest BCUT2D eigenvalue weighted by Gasteiger charge is 2.38. The Morgan fingerprint density at radius 3 is 2.79 bits per heavy atom. The fraction of sp³-hybridized carbons (Fsp3) is 0.375. The van der Waals surface area contributed by atoms with Crippen LogP contribution in [-0.2, 0) is 6.18 Å². The van der Waals surface area contributed by atoms with Gasteiger partial charge in [-0.25, -0.2) is 4.98 Å². The molecule has 1 amide bonds. The van der Waals surface area contributed by atoms with Crippen LogP contribution in [0.3, 0.4) is 0 Å². The van der Waals surface area contributed by atoms with E-state index >= 15 is 0 Å². The molecule has 1 aliphatic heterocycles. The zero-order chi connectivity index (χ0) is 17.5. The molecular weight excluding hydrogens is 325 g/mol. The van der Waals surface area contributed by atoms with Gasteiger partial charge in [-0.05, 0) is 31.0 Å². The number of alkyl halides is 3. The average Bonchev–Trinajstić information content (AvgIpc) is 3.12. The van der Waals surface area contributed by atoms with Crippen LogP contribution in [0.4, 0.5) is 13.2 Å². The Balaban J connectivity index is 1.94. The molecule has 2 heterocycles. The maximum atomic E-state index is 12.9. The number of likely N-dealkylation sites (tertiary alicyclic amines) is 1. The number of amides is 1. The fourth-order valence-corrected chi connectivity index (χ4v) is 2.92. The van der Waals surface area contributed by atoms with Crippen molar-refractivity contribution in [3.05, 3.63) is 53.2 Å². The normalized spacial score (nSPS) is 21.3. The van der Waals surface area contributed by atoms with Crippen LogP contribution in [0.15, 0.2) is 35.1 Å². The van der Waals surface area contributed by atoms with Crippen molar-refractivity contribution in [2.45, 2.75) is 31.7 Å². The molecule has 0 aliphatic carbocycles. The molecule has 24 heavy (non-hydrogen) atoms. The second-order valence-electron chi connectivity index (χ2n) is 5.74. The standard InChI is InChI=1S/C16H15F3N2O3/c1-9-14(20-8-24-9)15(23)21-7-12(22)6-13(21)10-3-2-4-11(5-10)16(17,18)19/h2-5,8,12-13,22H,6-7H2,1H3/t12-,13-/m1/s1. The van der Waals surface area contributed by atoms with Gasteiger partial charge < -0.3 is 14.4 Å². The third-order valence-corrected chi connectivity index (χ3v) is 4.09. The maximum Gasteiger partial charge on any atom is 0.416 e. The van der Waals surface area contributed by atoms with Crippen molar-refractivity contribution in [1.82, 2.24) is 9.88 Å². The van der Waals surface area contributed by atoms with Gasteiger partial charge in [0.1, 0.15) is 5.76 Å². The Kier molecular flexibility index (Phi) is 4.08. The first kappa shape index (κ1) is 16.5. The molecule has 3 rings (SSSR count). The largest absolute Gasteiger partial charge is 0.448 e. The van der Waals surface area contributed by atoms with Gasteiger partial charge in [-0.3, -0.25) is 4.79 Å². The molecule has 1 saturated heterocycles. The van der Waals surface area contributed by atoms with Crippen LogP contribution in [0.5, 0.6) is 0 Å². The summed E-state index contributed by atoms with van der Waals surface area (Å²) in [4.78, 5) is 17.8. The molecule has 0 radical (unpaired) electrons. The van der Waals surface area contributed by atoms with Crippen molar-refractivity contribution >= 4 is 5.91 Å². The Hall–Kier alpha value is -2.35. The van der Waals surface area contributed by atoms with Crippen LogP contribution in [0.1, 0.15) is 39.8 Å². The van der Waals surface area contributed by atoms with Gasteiger partial charge in [0.05, 0.1) is 17.7 Å². The van der Waals surface area contributed by atoms with E-state index in [9.17, 15) is 23.1 Å². The lowest BCUT2D eigenvalue weighted by molar-refractivity contribution is -0.137. The Labute approximate surface area is 135 Å². The number of β-amino-alcohol motifs (C(OH)–C–C–N with tert-alkyl or cyclic N) is 1. The molecule has 1 aromatic heterocycles. The van der Waals surface area contributed by atoms with Crippen molar-refractivity contribution in [3.8, 4) is 0 Å². The van der Waals surface area contributed by atoms with Crippen LogP contribution >= 0.6 is 0 Å². The predicted octanol–water partition coefficient (Wildman–Crippen LogP) is 2.95. The minimum Gasteiger partial charge on any atom is -0.448 e. The summed E-state index contributed by atoms with van der Waals surface area (Å²) in [6.07, 6.45) is -3.97. The molecule has 1 N–H and O–H groups in total. The zero-order valence-corrected chi connectivity index (χ0v) is 12.7. The first-order valence-corrected chi connectivity index (χ1v) is 7.33. The SMILES string of the molecule is Cc1ocnc1C(=O)N1C[C@H](O)C[C@@H]1c1cccc(C(F)(F)F)c1. The number of carbonyl (C=O) groups is 1. The van der Waals surface area contributed by atoms with Gasteiger partial charge in [0.25, 0.3) is 5.91 Å². The van der Waals surface area contributed by atoms with E-state index in [0.29, 0.717) is 11.3 Å². The molecule has 0 spiro atoms. The number of nitrogens with zero attached hydrogens (tertiary/aromatic N) is 2. The summed E-state index contributed by atoms with van der Waals surface area (Å²) in [6, 6.07) is 4.16. The van der Waals surface area contributed by atoms with E-state index in [1.54, 1.807) is 6.92 Å². The van der Waals surface area contributed by atoms with Crippen LogP contribution in [0, 0.1) is 6.92 Å². The molecule has 2 aromatic rings. The van der Waals surface area contributed by atoms with Crippen molar-refractivity contribution in [1.29, 1.82) is 0 Å². The molecule has 128 valence electrons. The van der Waals surface area contributed by atoms with E-state index in [2.05, 4.69) is 4.98 Å². The first-order valence-electron chi connectivity index (χ1n) is 7.33.